The summed E-state index contributed by atoms with van der Waals surface area (Å²) < 4.78 is 0. The minimum Gasteiger partial charge on any atom is -0.0619 e. The Morgan fingerprint density at radius 3 is 2.26 bits per heavy atom. The van der Waals surface area contributed by atoms with E-state index in [0.717, 1.165) is 18.3 Å². The molecule has 3 aliphatic carbocycles. The lowest BCUT2D eigenvalue weighted by Gasteiger charge is -2.35. The van der Waals surface area contributed by atoms with Gasteiger partial charge in [-0.25, -0.2) is 0 Å². The van der Waals surface area contributed by atoms with E-state index in [1.54, 1.807) is 16.7 Å². The minimum absolute atomic E-state index is 0.265. The van der Waals surface area contributed by atoms with Crippen LogP contribution < -0.4 is 0 Å². The van der Waals surface area contributed by atoms with Crippen molar-refractivity contribution in [2.24, 2.45) is 17.3 Å². The molecule has 3 aromatic rings. The van der Waals surface area contributed by atoms with E-state index in [1.807, 2.05) is 0 Å². The summed E-state index contributed by atoms with van der Waals surface area (Å²) in [4.78, 5) is 0. The second-order valence-electron chi connectivity index (χ2n) is 11.5. The highest BCUT2D eigenvalue weighted by molar-refractivity contribution is 5.78. The molecule has 3 aliphatic rings. The smallest absolute Gasteiger partial charge is 0.00105 e. The summed E-state index contributed by atoms with van der Waals surface area (Å²) in [6.45, 7) is 9.90. The summed E-state index contributed by atoms with van der Waals surface area (Å²) >= 11 is 0. The lowest BCUT2D eigenvalue weighted by molar-refractivity contribution is 0.239. The third-order valence-corrected chi connectivity index (χ3v) is 9.22. The molecule has 2 fully saturated rings. The Balaban J connectivity index is 1.42. The predicted molar refractivity (Wildman–Crippen MR) is 131 cm³/mol. The third kappa shape index (κ3) is 2.80. The van der Waals surface area contributed by atoms with Gasteiger partial charge in [0.1, 0.15) is 0 Å². The Morgan fingerprint density at radius 2 is 1.45 bits per heavy atom. The normalized spacial score (nSPS) is 30.1. The van der Waals surface area contributed by atoms with E-state index in [1.165, 1.54) is 41.5 Å². The molecule has 4 unspecified atom stereocenters. The van der Waals surface area contributed by atoms with Gasteiger partial charge in [0.05, 0.1) is 0 Å². The standard InChI is InChI=1S/C31H34/c1-20-12-14-21(15-13-20)23-17-28-29(18-23)31(4,19-30(28,2)3)27-11-7-10-25-24-9-6-5-8-22(24)16-26(25)27/h5-15,23,28-29H,16-19H2,1-4H3. The Morgan fingerprint density at radius 1 is 0.742 bits per heavy atom. The second kappa shape index (κ2) is 6.58. The van der Waals surface area contributed by atoms with Crippen LogP contribution in [0.5, 0.6) is 0 Å². The van der Waals surface area contributed by atoms with Gasteiger partial charge >= 0.3 is 0 Å². The summed E-state index contributed by atoms with van der Waals surface area (Å²) in [5.41, 5.74) is 11.3. The van der Waals surface area contributed by atoms with Gasteiger partial charge in [0, 0.05) is 0 Å². The Hall–Kier alpha value is -2.34. The van der Waals surface area contributed by atoms with Crippen molar-refractivity contribution < 1.29 is 0 Å². The molecule has 0 aliphatic heterocycles. The third-order valence-electron chi connectivity index (χ3n) is 9.22. The lowest BCUT2D eigenvalue weighted by atomic mass is 9.69. The van der Waals surface area contributed by atoms with Crippen molar-refractivity contribution in [2.45, 2.75) is 64.7 Å². The number of fused-ring (bicyclic) bond motifs is 4. The van der Waals surface area contributed by atoms with E-state index in [9.17, 15) is 0 Å². The first kappa shape index (κ1) is 19.4. The van der Waals surface area contributed by atoms with Crippen molar-refractivity contribution in [1.29, 1.82) is 0 Å². The maximum Gasteiger partial charge on any atom is -0.00105 e. The highest BCUT2D eigenvalue weighted by atomic mass is 14.6. The fourth-order valence-corrected chi connectivity index (χ4v) is 7.91. The molecule has 0 bridgehead atoms. The summed E-state index contributed by atoms with van der Waals surface area (Å²) in [5.74, 6) is 2.29. The largest absolute Gasteiger partial charge is 0.0619 e. The van der Waals surface area contributed by atoms with E-state index in [2.05, 4.69) is 94.4 Å². The molecule has 158 valence electrons. The molecule has 0 nitrogen and oxygen atoms in total. The average Bonchev–Trinajstić information content (AvgIpc) is 3.41. The molecule has 2 saturated carbocycles. The molecule has 0 saturated heterocycles. The van der Waals surface area contributed by atoms with Crippen LogP contribution in [0.3, 0.4) is 0 Å². The minimum atomic E-state index is 0.265. The van der Waals surface area contributed by atoms with E-state index < -0.39 is 0 Å². The Labute approximate surface area is 187 Å². The number of benzene rings is 3. The summed E-state index contributed by atoms with van der Waals surface area (Å²) in [5, 5.41) is 0. The second-order valence-corrected chi connectivity index (χ2v) is 11.5. The van der Waals surface area contributed by atoms with Crippen LogP contribution in [0.1, 0.15) is 73.8 Å². The fourth-order valence-electron chi connectivity index (χ4n) is 7.91. The highest BCUT2D eigenvalue weighted by Crippen LogP contribution is 2.66. The SMILES string of the molecule is Cc1ccc(C2CC3C(C2)C(C)(c2cccc4c2Cc2ccccc2-4)CC3(C)C)cc1. The van der Waals surface area contributed by atoms with Crippen LogP contribution in [0.15, 0.2) is 66.7 Å². The zero-order chi connectivity index (χ0) is 21.4. The zero-order valence-electron chi connectivity index (χ0n) is 19.4. The molecule has 6 rings (SSSR count). The van der Waals surface area contributed by atoms with Gasteiger partial charge in [0.15, 0.2) is 0 Å². The van der Waals surface area contributed by atoms with E-state index in [4.69, 9.17) is 0 Å². The summed E-state index contributed by atoms with van der Waals surface area (Å²) in [6.07, 6.45) is 5.11. The predicted octanol–water partition coefficient (Wildman–Crippen LogP) is 8.06. The maximum atomic E-state index is 2.61. The molecule has 3 aromatic carbocycles. The van der Waals surface area contributed by atoms with Gasteiger partial charge in [0.25, 0.3) is 0 Å². The average molecular weight is 407 g/mol. The first-order valence-corrected chi connectivity index (χ1v) is 12.1. The monoisotopic (exact) mass is 406 g/mol. The molecule has 0 amide bonds. The van der Waals surface area contributed by atoms with Crippen LogP contribution in [0.4, 0.5) is 0 Å². The summed E-state index contributed by atoms with van der Waals surface area (Å²) in [7, 11) is 0. The molecule has 0 N–H and O–H groups in total. The van der Waals surface area contributed by atoms with Gasteiger partial charge in [0.2, 0.25) is 0 Å². The fraction of sp³-hybridized carbons (Fsp3) is 0.419. The Bertz CT molecular complexity index is 1150. The maximum absolute atomic E-state index is 2.61. The topological polar surface area (TPSA) is 0 Å². The molecule has 4 atom stereocenters. The van der Waals surface area contributed by atoms with Crippen molar-refractivity contribution in [2.75, 3.05) is 0 Å². The lowest BCUT2D eigenvalue weighted by Crippen LogP contribution is -2.29. The molecule has 0 aromatic heterocycles. The zero-order valence-corrected chi connectivity index (χ0v) is 19.4. The van der Waals surface area contributed by atoms with Gasteiger partial charge in [-0.15, -0.1) is 0 Å². The molecular weight excluding hydrogens is 372 g/mol. The first-order chi connectivity index (χ1) is 14.9. The molecule has 0 heterocycles. The van der Waals surface area contributed by atoms with Gasteiger partial charge in [-0.1, -0.05) is 93.1 Å². The molecule has 0 radical (unpaired) electrons. The van der Waals surface area contributed by atoms with Crippen LogP contribution in [0, 0.1) is 24.2 Å². The van der Waals surface area contributed by atoms with Gasteiger partial charge < -0.3 is 0 Å². The number of aryl methyl sites for hydroxylation is 1. The van der Waals surface area contributed by atoms with Crippen molar-refractivity contribution in [3.05, 3.63) is 94.5 Å². The van der Waals surface area contributed by atoms with Crippen LogP contribution in [-0.4, -0.2) is 0 Å². The van der Waals surface area contributed by atoms with Crippen LogP contribution in [0.25, 0.3) is 11.1 Å². The van der Waals surface area contributed by atoms with Crippen molar-refractivity contribution in [3.63, 3.8) is 0 Å². The number of hydrogen-bond donors (Lipinski definition) is 0. The summed E-state index contributed by atoms with van der Waals surface area (Å²) in [6, 6.07) is 25.6. The van der Waals surface area contributed by atoms with Crippen molar-refractivity contribution >= 4 is 0 Å². The molecular formula is C31H34. The van der Waals surface area contributed by atoms with Crippen molar-refractivity contribution in [1.82, 2.24) is 0 Å². The number of hydrogen-bond acceptors (Lipinski definition) is 0. The van der Waals surface area contributed by atoms with Gasteiger partial charge in [-0.2, -0.15) is 0 Å². The van der Waals surface area contributed by atoms with Crippen LogP contribution in [0.2, 0.25) is 0 Å². The van der Waals surface area contributed by atoms with Gasteiger partial charge in [-0.3, -0.25) is 0 Å². The number of rotatable bonds is 2. The quantitative estimate of drug-likeness (QED) is 0.316. The molecule has 0 heteroatoms. The van der Waals surface area contributed by atoms with Crippen LogP contribution >= 0.6 is 0 Å². The van der Waals surface area contributed by atoms with Crippen molar-refractivity contribution in [3.8, 4) is 11.1 Å². The Kier molecular flexibility index (Phi) is 4.11. The van der Waals surface area contributed by atoms with E-state index >= 15 is 0 Å². The molecule has 31 heavy (non-hydrogen) atoms. The van der Waals surface area contributed by atoms with E-state index in [-0.39, 0.29) is 5.41 Å². The van der Waals surface area contributed by atoms with Gasteiger partial charge in [-0.05, 0) is 94.6 Å². The van der Waals surface area contributed by atoms with E-state index in [0.29, 0.717) is 11.3 Å². The first-order valence-electron chi connectivity index (χ1n) is 12.1. The molecule has 0 spiro atoms. The van der Waals surface area contributed by atoms with Crippen LogP contribution in [-0.2, 0) is 11.8 Å². The highest BCUT2D eigenvalue weighted by Gasteiger charge is 2.59.